The maximum absolute atomic E-state index is 11.6. The van der Waals surface area contributed by atoms with E-state index in [2.05, 4.69) is 44.8 Å². The van der Waals surface area contributed by atoms with Gasteiger partial charge in [-0.25, -0.2) is 8.42 Å². The first-order chi connectivity index (χ1) is 10.6. The third-order valence-electron chi connectivity index (χ3n) is 4.60. The Balaban J connectivity index is 0.00000288. The number of guanidine groups is 1. The largest absolute Gasteiger partial charge is 0.354 e. The Morgan fingerprint density at radius 2 is 2.04 bits per heavy atom. The normalized spacial score (nSPS) is 29.4. The molecule has 1 N–H and O–H groups in total. The zero-order chi connectivity index (χ0) is 17.3. The SMILES string of the molecule is CC1CN(C(=NCC2CCS(=O)(=O)C2)NC(C)C)CC(C)(C)C1.I. The molecule has 0 aromatic rings. The summed E-state index contributed by atoms with van der Waals surface area (Å²) in [5.74, 6) is 2.40. The summed E-state index contributed by atoms with van der Waals surface area (Å²) in [6.07, 6.45) is 1.99. The first kappa shape index (κ1) is 22.0. The average molecular weight is 471 g/mol. The van der Waals surface area contributed by atoms with Crippen molar-refractivity contribution in [2.75, 3.05) is 31.1 Å². The van der Waals surface area contributed by atoms with Gasteiger partial charge in [0.25, 0.3) is 0 Å². The number of hydrogen-bond donors (Lipinski definition) is 1. The molecule has 0 aromatic heterocycles. The fourth-order valence-corrected chi connectivity index (χ4v) is 5.77. The molecule has 24 heavy (non-hydrogen) atoms. The molecule has 0 saturated carbocycles. The topological polar surface area (TPSA) is 61.8 Å². The standard InChI is InChI=1S/C17H33N3O2S.HI/c1-13(2)19-16(18-9-15-6-7-23(21,22)11-15)20-10-14(3)8-17(4,5)12-20;/h13-15H,6-12H2,1-5H3,(H,18,19);1H. The Labute approximate surface area is 165 Å². The van der Waals surface area contributed by atoms with Crippen LogP contribution in [0.2, 0.25) is 0 Å². The molecule has 2 unspecified atom stereocenters. The van der Waals surface area contributed by atoms with Gasteiger partial charge in [-0.3, -0.25) is 4.99 Å². The number of aliphatic imine (C=N–C) groups is 1. The molecule has 0 spiro atoms. The summed E-state index contributed by atoms with van der Waals surface area (Å²) >= 11 is 0. The van der Waals surface area contributed by atoms with Gasteiger partial charge in [-0.1, -0.05) is 20.8 Å². The molecule has 2 fully saturated rings. The van der Waals surface area contributed by atoms with E-state index < -0.39 is 9.84 Å². The minimum atomic E-state index is -2.82. The van der Waals surface area contributed by atoms with Gasteiger partial charge in [0.05, 0.1) is 11.5 Å². The third-order valence-corrected chi connectivity index (χ3v) is 6.43. The minimum absolute atomic E-state index is 0. The Bertz CT molecular complexity index is 546. The predicted octanol–water partition coefficient (Wildman–Crippen LogP) is 2.76. The van der Waals surface area contributed by atoms with Gasteiger partial charge >= 0.3 is 0 Å². The first-order valence-corrected chi connectivity index (χ1v) is 10.6. The van der Waals surface area contributed by atoms with Crippen molar-refractivity contribution in [2.24, 2.45) is 22.2 Å². The highest BCUT2D eigenvalue weighted by atomic mass is 127. The summed E-state index contributed by atoms with van der Waals surface area (Å²) in [6, 6.07) is 0.321. The van der Waals surface area contributed by atoms with Gasteiger partial charge in [0, 0.05) is 25.7 Å². The Hall–Kier alpha value is -0.0500. The number of sulfone groups is 1. The van der Waals surface area contributed by atoms with Crippen LogP contribution in [0.4, 0.5) is 0 Å². The fourth-order valence-electron chi connectivity index (χ4n) is 3.92. The number of nitrogens with zero attached hydrogens (tertiary/aromatic N) is 2. The monoisotopic (exact) mass is 471 g/mol. The third kappa shape index (κ3) is 6.69. The maximum Gasteiger partial charge on any atom is 0.194 e. The summed E-state index contributed by atoms with van der Waals surface area (Å²) in [5, 5.41) is 3.48. The Morgan fingerprint density at radius 3 is 2.54 bits per heavy atom. The molecule has 2 aliphatic rings. The molecule has 0 radical (unpaired) electrons. The summed E-state index contributed by atoms with van der Waals surface area (Å²) in [4.78, 5) is 7.16. The van der Waals surface area contributed by atoms with Gasteiger partial charge < -0.3 is 10.2 Å². The van der Waals surface area contributed by atoms with Gasteiger partial charge in [-0.2, -0.15) is 0 Å². The molecule has 2 atom stereocenters. The van der Waals surface area contributed by atoms with Crippen molar-refractivity contribution >= 4 is 39.8 Å². The molecule has 0 aliphatic carbocycles. The minimum Gasteiger partial charge on any atom is -0.354 e. The smallest absolute Gasteiger partial charge is 0.194 e. The van der Waals surface area contributed by atoms with E-state index in [0.717, 1.165) is 25.5 Å². The number of likely N-dealkylation sites (tertiary alicyclic amines) is 1. The van der Waals surface area contributed by atoms with Crippen molar-refractivity contribution < 1.29 is 8.42 Å². The van der Waals surface area contributed by atoms with E-state index in [1.54, 1.807) is 0 Å². The number of hydrogen-bond acceptors (Lipinski definition) is 3. The van der Waals surface area contributed by atoms with Crippen LogP contribution in [0, 0.1) is 17.3 Å². The molecule has 0 bridgehead atoms. The van der Waals surface area contributed by atoms with Gasteiger partial charge in [0.2, 0.25) is 0 Å². The molecule has 7 heteroatoms. The second-order valence-corrected chi connectivity index (χ2v) is 10.8. The molecule has 2 saturated heterocycles. The highest BCUT2D eigenvalue weighted by molar-refractivity contribution is 14.0. The van der Waals surface area contributed by atoms with Gasteiger partial charge in [-0.05, 0) is 43.9 Å². The summed E-state index contributed by atoms with van der Waals surface area (Å²) in [5.41, 5.74) is 0.286. The van der Waals surface area contributed by atoms with Crippen LogP contribution >= 0.6 is 24.0 Å². The molecule has 142 valence electrons. The summed E-state index contributed by atoms with van der Waals surface area (Å²) in [7, 11) is -2.82. The molecule has 2 heterocycles. The van der Waals surface area contributed by atoms with Crippen LogP contribution < -0.4 is 5.32 Å². The molecule has 2 aliphatic heterocycles. The van der Waals surface area contributed by atoms with E-state index in [0.29, 0.717) is 30.0 Å². The van der Waals surface area contributed by atoms with Crippen LogP contribution in [0.25, 0.3) is 0 Å². The number of piperidine rings is 1. The highest BCUT2D eigenvalue weighted by Gasteiger charge is 2.33. The molecule has 0 aromatic carbocycles. The average Bonchev–Trinajstić information content (AvgIpc) is 2.71. The number of rotatable bonds is 3. The van der Waals surface area contributed by atoms with Crippen LogP contribution in [0.5, 0.6) is 0 Å². The van der Waals surface area contributed by atoms with Crippen LogP contribution in [-0.4, -0.2) is 56.5 Å². The molecular weight excluding hydrogens is 437 g/mol. The van der Waals surface area contributed by atoms with E-state index in [9.17, 15) is 8.42 Å². The lowest BCUT2D eigenvalue weighted by atomic mass is 9.79. The van der Waals surface area contributed by atoms with Crippen molar-refractivity contribution in [1.82, 2.24) is 10.2 Å². The van der Waals surface area contributed by atoms with Crippen LogP contribution in [0.1, 0.15) is 47.5 Å². The second-order valence-electron chi connectivity index (χ2n) is 8.59. The van der Waals surface area contributed by atoms with Crippen molar-refractivity contribution in [2.45, 2.75) is 53.5 Å². The van der Waals surface area contributed by atoms with Crippen LogP contribution in [-0.2, 0) is 9.84 Å². The summed E-state index contributed by atoms with van der Waals surface area (Å²) in [6.45, 7) is 13.8. The lowest BCUT2D eigenvalue weighted by molar-refractivity contribution is 0.129. The summed E-state index contributed by atoms with van der Waals surface area (Å²) < 4.78 is 23.2. The second kappa shape index (κ2) is 8.56. The zero-order valence-electron chi connectivity index (χ0n) is 15.7. The molecule has 5 nitrogen and oxygen atoms in total. The highest BCUT2D eigenvalue weighted by Crippen LogP contribution is 2.32. The van der Waals surface area contributed by atoms with E-state index in [1.807, 2.05) is 0 Å². The quantitative estimate of drug-likeness (QED) is 0.391. The van der Waals surface area contributed by atoms with E-state index >= 15 is 0 Å². The molecular formula is C17H34IN3O2S. The van der Waals surface area contributed by atoms with E-state index in [1.165, 1.54) is 6.42 Å². The van der Waals surface area contributed by atoms with E-state index in [-0.39, 0.29) is 35.3 Å². The Kier molecular flexibility index (Phi) is 7.84. The molecule has 2 rings (SSSR count). The van der Waals surface area contributed by atoms with Gasteiger partial charge in [0.15, 0.2) is 15.8 Å². The lowest BCUT2D eigenvalue weighted by Gasteiger charge is -2.43. The van der Waals surface area contributed by atoms with Gasteiger partial charge in [0.1, 0.15) is 0 Å². The lowest BCUT2D eigenvalue weighted by Crippen LogP contribution is -2.52. The molecule has 0 amide bonds. The zero-order valence-corrected chi connectivity index (χ0v) is 18.9. The van der Waals surface area contributed by atoms with E-state index in [4.69, 9.17) is 4.99 Å². The van der Waals surface area contributed by atoms with Crippen LogP contribution in [0.3, 0.4) is 0 Å². The van der Waals surface area contributed by atoms with Crippen molar-refractivity contribution in [3.05, 3.63) is 0 Å². The van der Waals surface area contributed by atoms with Crippen molar-refractivity contribution in [1.29, 1.82) is 0 Å². The Morgan fingerprint density at radius 1 is 1.38 bits per heavy atom. The number of nitrogens with one attached hydrogen (secondary N) is 1. The van der Waals surface area contributed by atoms with Gasteiger partial charge in [-0.15, -0.1) is 24.0 Å². The first-order valence-electron chi connectivity index (χ1n) is 8.83. The number of halogens is 1. The predicted molar refractivity (Wildman–Crippen MR) is 112 cm³/mol. The van der Waals surface area contributed by atoms with Crippen molar-refractivity contribution in [3.8, 4) is 0 Å². The van der Waals surface area contributed by atoms with Crippen LogP contribution in [0.15, 0.2) is 4.99 Å². The van der Waals surface area contributed by atoms with Crippen molar-refractivity contribution in [3.63, 3.8) is 0 Å². The fraction of sp³-hybridized carbons (Fsp3) is 0.941. The maximum atomic E-state index is 11.6.